The summed E-state index contributed by atoms with van der Waals surface area (Å²) in [5, 5.41) is 43.1. The Labute approximate surface area is 269 Å². The van der Waals surface area contributed by atoms with Crippen LogP contribution in [-0.2, 0) is 38.4 Å². The number of carboxylic acids is 4. The number of anilines is 1. The lowest BCUT2D eigenvalue weighted by molar-refractivity contribution is -0.140. The molecule has 46 heavy (non-hydrogen) atoms. The molecule has 1 rings (SSSR count). The van der Waals surface area contributed by atoms with Gasteiger partial charge in [-0.25, -0.2) is 4.98 Å². The summed E-state index contributed by atoms with van der Waals surface area (Å²) in [6, 6.07) is -0.934. The van der Waals surface area contributed by atoms with Gasteiger partial charge in [0.25, 0.3) is 5.91 Å². The lowest BCUT2D eigenvalue weighted by Crippen LogP contribution is -2.52. The number of carboxylic acid groups (broad SMARTS) is 4. The number of carbonyl (C=O) groups is 8. The minimum atomic E-state index is -1.38. The van der Waals surface area contributed by atoms with E-state index in [9.17, 15) is 43.5 Å². The molecule has 254 valence electrons. The molecule has 1 heterocycles. The van der Waals surface area contributed by atoms with Crippen LogP contribution in [0, 0.1) is 0 Å². The summed E-state index contributed by atoms with van der Waals surface area (Å²) in [6.07, 6.45) is 0.0991. The summed E-state index contributed by atoms with van der Waals surface area (Å²) in [7, 11) is 1.87. The van der Waals surface area contributed by atoms with E-state index in [2.05, 4.69) is 20.9 Å². The fourth-order valence-corrected chi connectivity index (χ4v) is 5.66. The van der Waals surface area contributed by atoms with Crippen LogP contribution in [0.5, 0.6) is 0 Å². The SMILES string of the molecule is N[C@@H](CCC(=O)N[C@@H](CSSC[C@H](NC(=O)CC[C@H](N)C(=O)O)C(=O)N(CC(=O)O)c1ccccn1)C(=O)NCC(=O)O)C(=O)O. The predicted octanol–water partition coefficient (Wildman–Crippen LogP) is -2.56. The Kier molecular flexibility index (Phi) is 17.7. The Morgan fingerprint density at radius 2 is 1.30 bits per heavy atom. The molecule has 4 atom stereocenters. The van der Waals surface area contributed by atoms with E-state index < -0.39 is 84.8 Å². The predicted molar refractivity (Wildman–Crippen MR) is 163 cm³/mol. The third kappa shape index (κ3) is 15.5. The van der Waals surface area contributed by atoms with E-state index in [0.717, 1.165) is 26.5 Å². The third-order valence-electron chi connectivity index (χ3n) is 5.74. The van der Waals surface area contributed by atoms with Gasteiger partial charge in [-0.05, 0) is 25.0 Å². The minimum absolute atomic E-state index is 0.0276. The Morgan fingerprint density at radius 3 is 1.76 bits per heavy atom. The topological polar surface area (TPSA) is 322 Å². The van der Waals surface area contributed by atoms with Gasteiger partial charge in [-0.1, -0.05) is 27.7 Å². The number of aromatic nitrogens is 1. The van der Waals surface area contributed by atoms with Gasteiger partial charge in [0.05, 0.1) is 0 Å². The highest BCUT2D eigenvalue weighted by Crippen LogP contribution is 2.24. The first-order valence-corrected chi connectivity index (χ1v) is 15.8. The summed E-state index contributed by atoms with van der Waals surface area (Å²) in [5.74, 6) is -9.07. The van der Waals surface area contributed by atoms with E-state index in [1.54, 1.807) is 0 Å². The molecule has 0 radical (unpaired) electrons. The molecule has 0 aromatic carbocycles. The van der Waals surface area contributed by atoms with Crippen molar-refractivity contribution in [2.45, 2.75) is 49.9 Å². The van der Waals surface area contributed by atoms with Crippen molar-refractivity contribution < 1.29 is 58.8 Å². The second-order valence-corrected chi connectivity index (χ2v) is 11.9. The van der Waals surface area contributed by atoms with Gasteiger partial charge >= 0.3 is 23.9 Å². The molecule has 0 aliphatic rings. The molecule has 1 aromatic rings. The van der Waals surface area contributed by atoms with Gasteiger partial charge in [0, 0.05) is 30.5 Å². The van der Waals surface area contributed by atoms with Crippen LogP contribution in [0.2, 0.25) is 0 Å². The number of amides is 4. The molecule has 0 fully saturated rings. The fraction of sp³-hybridized carbons (Fsp3) is 0.480. The smallest absolute Gasteiger partial charge is 0.323 e. The Balaban J connectivity index is 3.06. The van der Waals surface area contributed by atoms with Crippen molar-refractivity contribution in [1.29, 1.82) is 0 Å². The first kappa shape index (κ1) is 39.6. The second kappa shape index (κ2) is 20.5. The number of nitrogens with two attached hydrogens (primary N) is 2. The Hall–Kier alpha value is -4.47. The fourth-order valence-electron chi connectivity index (χ4n) is 3.34. The molecule has 0 aliphatic heterocycles. The quantitative estimate of drug-likeness (QED) is 0.0446. The van der Waals surface area contributed by atoms with Crippen LogP contribution in [0.3, 0.4) is 0 Å². The van der Waals surface area contributed by atoms with Crippen molar-refractivity contribution in [3.8, 4) is 0 Å². The molecule has 0 unspecified atom stereocenters. The highest BCUT2D eigenvalue weighted by Gasteiger charge is 2.30. The minimum Gasteiger partial charge on any atom is -0.480 e. The molecule has 0 aliphatic carbocycles. The van der Waals surface area contributed by atoms with Crippen molar-refractivity contribution in [3.05, 3.63) is 24.4 Å². The normalized spacial score (nSPS) is 13.3. The molecule has 11 N–H and O–H groups in total. The molecule has 1 aromatic heterocycles. The first-order chi connectivity index (χ1) is 21.6. The lowest BCUT2D eigenvalue weighted by Gasteiger charge is -2.26. The van der Waals surface area contributed by atoms with Crippen LogP contribution < -0.4 is 32.3 Å². The van der Waals surface area contributed by atoms with E-state index in [-0.39, 0.29) is 43.0 Å². The summed E-state index contributed by atoms with van der Waals surface area (Å²) < 4.78 is 0. The third-order valence-corrected chi connectivity index (χ3v) is 8.16. The highest BCUT2D eigenvalue weighted by atomic mass is 33.1. The molecular weight excluding hydrogens is 654 g/mol. The molecule has 0 bridgehead atoms. The average Bonchev–Trinajstić information content (AvgIpc) is 3.00. The maximum atomic E-state index is 13.5. The number of hydrogen-bond acceptors (Lipinski definition) is 13. The van der Waals surface area contributed by atoms with Gasteiger partial charge in [-0.15, -0.1) is 0 Å². The zero-order valence-corrected chi connectivity index (χ0v) is 25.8. The summed E-state index contributed by atoms with van der Waals surface area (Å²) in [6.45, 7) is -1.57. The van der Waals surface area contributed by atoms with Gasteiger partial charge in [0.15, 0.2) is 0 Å². The average molecular weight is 690 g/mol. The van der Waals surface area contributed by atoms with Gasteiger partial charge in [0.1, 0.15) is 43.1 Å². The monoisotopic (exact) mass is 689 g/mol. The van der Waals surface area contributed by atoms with E-state index in [1.165, 1.54) is 24.4 Å². The molecule has 4 amide bonds. The lowest BCUT2D eigenvalue weighted by atomic mass is 10.1. The van der Waals surface area contributed by atoms with Crippen molar-refractivity contribution in [1.82, 2.24) is 20.9 Å². The summed E-state index contributed by atoms with van der Waals surface area (Å²) in [4.78, 5) is 100. The molecule has 0 saturated carbocycles. The van der Waals surface area contributed by atoms with Crippen molar-refractivity contribution >= 4 is 74.9 Å². The molecule has 0 saturated heterocycles. The number of nitrogens with zero attached hydrogens (tertiary/aromatic N) is 2. The van der Waals surface area contributed by atoms with Crippen LogP contribution in [-0.4, -0.2) is 122 Å². The van der Waals surface area contributed by atoms with E-state index in [4.69, 9.17) is 26.8 Å². The van der Waals surface area contributed by atoms with E-state index in [1.807, 2.05) is 0 Å². The maximum absolute atomic E-state index is 13.5. The number of carbonyl (C=O) groups excluding carboxylic acids is 4. The van der Waals surface area contributed by atoms with Crippen LogP contribution in [0.1, 0.15) is 25.7 Å². The molecule has 19 nitrogen and oxygen atoms in total. The zero-order valence-electron chi connectivity index (χ0n) is 24.2. The van der Waals surface area contributed by atoms with Gasteiger partial charge < -0.3 is 47.8 Å². The number of aliphatic carboxylic acids is 4. The van der Waals surface area contributed by atoms with Crippen molar-refractivity contribution in [2.24, 2.45) is 11.5 Å². The van der Waals surface area contributed by atoms with Gasteiger partial charge in [-0.3, -0.25) is 43.3 Å². The standard InChI is InChI=1S/C25H35N7O12S2/c26-13(24(41)42)4-6-18(33)30-15(22(39)29-9-20(35)36)11-45-46-12-16(31-19(34)7-5-14(27)25(43)44)23(40)32(10-21(37)38)17-3-1-2-8-28-17/h1-3,8,13-16H,4-7,9-12,26-27H2,(H,29,39)(H,30,33)(H,31,34)(H,35,36)(H,37,38)(H,41,42)(H,43,44)/t13-,14-,15-,16-/m0/s1. The Bertz CT molecular complexity index is 1260. The maximum Gasteiger partial charge on any atom is 0.323 e. The van der Waals surface area contributed by atoms with Crippen molar-refractivity contribution in [3.63, 3.8) is 0 Å². The number of pyridine rings is 1. The van der Waals surface area contributed by atoms with Crippen LogP contribution >= 0.6 is 21.6 Å². The summed E-state index contributed by atoms with van der Waals surface area (Å²) in [5.41, 5.74) is 10.8. The van der Waals surface area contributed by atoms with Gasteiger partial charge in [-0.2, -0.15) is 0 Å². The highest BCUT2D eigenvalue weighted by molar-refractivity contribution is 8.76. The molecule has 0 spiro atoms. The number of rotatable bonds is 22. The second-order valence-electron chi connectivity index (χ2n) is 9.39. The van der Waals surface area contributed by atoms with Gasteiger partial charge in [0.2, 0.25) is 17.7 Å². The van der Waals surface area contributed by atoms with E-state index in [0.29, 0.717) is 0 Å². The summed E-state index contributed by atoms with van der Waals surface area (Å²) >= 11 is 0. The van der Waals surface area contributed by atoms with Crippen LogP contribution in [0.4, 0.5) is 5.82 Å². The Morgan fingerprint density at radius 1 is 0.783 bits per heavy atom. The van der Waals surface area contributed by atoms with Crippen molar-refractivity contribution in [2.75, 3.05) is 29.5 Å². The van der Waals surface area contributed by atoms with E-state index >= 15 is 0 Å². The number of hydrogen-bond donors (Lipinski definition) is 9. The zero-order chi connectivity index (χ0) is 34.8. The number of nitrogens with one attached hydrogen (secondary N) is 3. The largest absolute Gasteiger partial charge is 0.480 e. The van der Waals surface area contributed by atoms with Crippen LogP contribution in [0.25, 0.3) is 0 Å². The first-order valence-electron chi connectivity index (χ1n) is 13.4. The molecular formula is C25H35N7O12S2. The van der Waals surface area contributed by atoms with Crippen LogP contribution in [0.15, 0.2) is 24.4 Å². The molecule has 21 heteroatoms.